The van der Waals surface area contributed by atoms with Gasteiger partial charge in [0.25, 0.3) is 5.91 Å². The minimum atomic E-state index is 0.0681. The molecule has 0 spiro atoms. The summed E-state index contributed by atoms with van der Waals surface area (Å²) in [5.41, 5.74) is 1.90. The Morgan fingerprint density at radius 2 is 2.25 bits per heavy atom. The van der Waals surface area contributed by atoms with E-state index in [1.807, 2.05) is 43.0 Å². The van der Waals surface area contributed by atoms with E-state index in [4.69, 9.17) is 16.0 Å². The molecule has 1 amide bonds. The van der Waals surface area contributed by atoms with Crippen LogP contribution in [0.3, 0.4) is 0 Å². The molecule has 1 fully saturated rings. The maximum absolute atomic E-state index is 12.9. The fourth-order valence-corrected chi connectivity index (χ4v) is 4.78. The molecule has 1 aliphatic rings. The monoisotopic (exact) mass is 415 g/mol. The summed E-state index contributed by atoms with van der Waals surface area (Å²) in [7, 11) is 0. The van der Waals surface area contributed by atoms with Crippen LogP contribution in [0.4, 0.5) is 0 Å². The second kappa shape index (κ2) is 8.05. The van der Waals surface area contributed by atoms with Crippen molar-refractivity contribution in [2.75, 3.05) is 13.1 Å². The molecule has 1 aliphatic heterocycles. The van der Waals surface area contributed by atoms with E-state index in [1.54, 1.807) is 6.20 Å². The van der Waals surface area contributed by atoms with Crippen molar-refractivity contribution in [1.29, 1.82) is 0 Å². The van der Waals surface area contributed by atoms with Crippen molar-refractivity contribution in [3.8, 4) is 0 Å². The lowest BCUT2D eigenvalue weighted by molar-refractivity contribution is 0.0702. The van der Waals surface area contributed by atoms with Crippen LogP contribution in [0.1, 0.15) is 56.3 Å². The maximum Gasteiger partial charge on any atom is 0.265 e. The molecule has 3 heterocycles. The van der Waals surface area contributed by atoms with E-state index in [9.17, 15) is 4.79 Å². The van der Waals surface area contributed by atoms with Crippen LogP contribution in [0, 0.1) is 13.8 Å². The molecule has 5 nitrogen and oxygen atoms in total. The number of amides is 1. The Balaban J connectivity index is 1.45. The first-order valence-electron chi connectivity index (χ1n) is 9.42. The van der Waals surface area contributed by atoms with Crippen LogP contribution < -0.4 is 0 Å². The van der Waals surface area contributed by atoms with Crippen molar-refractivity contribution >= 4 is 28.8 Å². The predicted molar refractivity (Wildman–Crippen MR) is 110 cm³/mol. The number of carbonyl (C=O) groups is 1. The van der Waals surface area contributed by atoms with Crippen molar-refractivity contribution in [3.05, 3.63) is 68.3 Å². The fraction of sp³-hybridized carbons (Fsp3) is 0.381. The van der Waals surface area contributed by atoms with Crippen LogP contribution in [-0.2, 0) is 6.42 Å². The highest BCUT2D eigenvalue weighted by Gasteiger charge is 2.30. The van der Waals surface area contributed by atoms with E-state index in [-0.39, 0.29) is 11.8 Å². The highest BCUT2D eigenvalue weighted by Crippen LogP contribution is 2.29. The molecule has 0 saturated carbocycles. The van der Waals surface area contributed by atoms with Crippen molar-refractivity contribution < 1.29 is 9.21 Å². The zero-order valence-electron chi connectivity index (χ0n) is 15.9. The van der Waals surface area contributed by atoms with Gasteiger partial charge in [0.1, 0.15) is 10.6 Å². The molecule has 0 radical (unpaired) electrons. The zero-order valence-corrected chi connectivity index (χ0v) is 17.5. The first-order chi connectivity index (χ1) is 13.5. The number of hydrogen-bond donors (Lipinski definition) is 0. The van der Waals surface area contributed by atoms with E-state index >= 15 is 0 Å². The number of nitrogens with zero attached hydrogens (tertiary/aromatic N) is 3. The average molecular weight is 416 g/mol. The standard InChI is InChI=1S/C21H22ClN3O2S/c1-13-19(28-14(2)24-13)21(26)25-8-4-6-16(12-25)20-23-11-18(27-20)10-15-5-3-7-17(22)9-15/h3,5,7,9,11,16H,4,6,8,10,12H2,1-2H3/t16-/m1/s1. The predicted octanol–water partition coefficient (Wildman–Crippen LogP) is 5.01. The summed E-state index contributed by atoms with van der Waals surface area (Å²) in [5, 5.41) is 1.64. The SMILES string of the molecule is Cc1nc(C)c(C(=O)N2CCC[C@@H](c3ncc(Cc4cccc(Cl)c4)o3)C2)s1. The first kappa shape index (κ1) is 19.2. The topological polar surface area (TPSA) is 59.2 Å². The highest BCUT2D eigenvalue weighted by molar-refractivity contribution is 7.13. The number of halogens is 1. The second-order valence-electron chi connectivity index (χ2n) is 7.21. The Kier molecular flexibility index (Phi) is 5.51. The smallest absolute Gasteiger partial charge is 0.265 e. The van der Waals surface area contributed by atoms with Crippen LogP contribution in [-0.4, -0.2) is 33.9 Å². The van der Waals surface area contributed by atoms with Crippen LogP contribution >= 0.6 is 22.9 Å². The third-order valence-corrected chi connectivity index (χ3v) is 6.29. The number of benzene rings is 1. The lowest BCUT2D eigenvalue weighted by Crippen LogP contribution is -2.39. The van der Waals surface area contributed by atoms with Crippen molar-refractivity contribution in [1.82, 2.24) is 14.9 Å². The number of aryl methyl sites for hydroxylation is 2. The van der Waals surface area contributed by atoms with Gasteiger partial charge >= 0.3 is 0 Å². The van der Waals surface area contributed by atoms with E-state index in [0.717, 1.165) is 46.3 Å². The Labute approximate surface area is 173 Å². The van der Waals surface area contributed by atoms with Gasteiger partial charge in [-0.25, -0.2) is 9.97 Å². The van der Waals surface area contributed by atoms with Gasteiger partial charge in [-0.05, 0) is 44.4 Å². The molecule has 0 aliphatic carbocycles. The van der Waals surface area contributed by atoms with Gasteiger partial charge in [-0.2, -0.15) is 0 Å². The molecule has 28 heavy (non-hydrogen) atoms. The molecule has 2 aromatic heterocycles. The summed E-state index contributed by atoms with van der Waals surface area (Å²) >= 11 is 7.53. The molecule has 0 bridgehead atoms. The molecule has 1 atom stereocenters. The Hall–Kier alpha value is -2.18. The lowest BCUT2D eigenvalue weighted by Gasteiger charge is -2.31. The van der Waals surface area contributed by atoms with Crippen LogP contribution in [0.25, 0.3) is 0 Å². The number of carbonyl (C=O) groups excluding carboxylic acids is 1. The van der Waals surface area contributed by atoms with E-state index in [1.165, 1.54) is 11.3 Å². The number of rotatable bonds is 4. The molecule has 4 rings (SSSR count). The number of hydrogen-bond acceptors (Lipinski definition) is 5. The van der Waals surface area contributed by atoms with Crippen LogP contribution in [0.2, 0.25) is 5.02 Å². The van der Waals surface area contributed by atoms with Gasteiger partial charge < -0.3 is 9.32 Å². The molecule has 0 N–H and O–H groups in total. The third kappa shape index (κ3) is 4.13. The zero-order chi connectivity index (χ0) is 19.7. The van der Waals surface area contributed by atoms with E-state index < -0.39 is 0 Å². The lowest BCUT2D eigenvalue weighted by atomic mass is 9.98. The van der Waals surface area contributed by atoms with Gasteiger partial charge in [-0.15, -0.1) is 11.3 Å². The maximum atomic E-state index is 12.9. The molecule has 7 heteroatoms. The van der Waals surface area contributed by atoms with Crippen molar-refractivity contribution in [3.63, 3.8) is 0 Å². The second-order valence-corrected chi connectivity index (χ2v) is 8.85. The van der Waals surface area contributed by atoms with Crippen molar-refractivity contribution in [2.45, 2.75) is 39.0 Å². The van der Waals surface area contributed by atoms with Gasteiger partial charge in [-0.1, -0.05) is 23.7 Å². The molecule has 1 aromatic carbocycles. The quantitative estimate of drug-likeness (QED) is 0.600. The van der Waals surface area contributed by atoms with Gasteiger partial charge in [0.05, 0.1) is 22.8 Å². The molecular formula is C21H22ClN3O2S. The summed E-state index contributed by atoms with van der Waals surface area (Å²) in [6.07, 6.45) is 4.36. The normalized spacial score (nSPS) is 17.1. The Morgan fingerprint density at radius 3 is 3.00 bits per heavy atom. The molecule has 1 saturated heterocycles. The van der Waals surface area contributed by atoms with Gasteiger partial charge in [0.15, 0.2) is 5.89 Å². The summed E-state index contributed by atoms with van der Waals surface area (Å²) in [4.78, 5) is 24.5. The summed E-state index contributed by atoms with van der Waals surface area (Å²) in [6, 6.07) is 7.75. The molecule has 0 unspecified atom stereocenters. The summed E-state index contributed by atoms with van der Waals surface area (Å²) in [6.45, 7) is 5.23. The number of piperidine rings is 1. The average Bonchev–Trinajstić information content (AvgIpc) is 3.27. The minimum absolute atomic E-state index is 0.0681. The number of thiazole rings is 1. The fourth-order valence-electron chi connectivity index (χ4n) is 3.68. The highest BCUT2D eigenvalue weighted by atomic mass is 35.5. The van der Waals surface area contributed by atoms with Crippen molar-refractivity contribution in [2.24, 2.45) is 0 Å². The Morgan fingerprint density at radius 1 is 1.39 bits per heavy atom. The molecular weight excluding hydrogens is 394 g/mol. The minimum Gasteiger partial charge on any atom is -0.445 e. The first-order valence-corrected chi connectivity index (χ1v) is 10.6. The summed E-state index contributed by atoms with van der Waals surface area (Å²) in [5.74, 6) is 1.72. The van der Waals surface area contributed by atoms with Gasteiger partial charge in [0, 0.05) is 24.5 Å². The van der Waals surface area contributed by atoms with Crippen LogP contribution in [0.5, 0.6) is 0 Å². The Bertz CT molecular complexity index is 997. The molecule has 146 valence electrons. The molecule has 3 aromatic rings. The number of aromatic nitrogens is 2. The largest absolute Gasteiger partial charge is 0.445 e. The van der Waals surface area contributed by atoms with Gasteiger partial charge in [0.2, 0.25) is 0 Å². The number of oxazole rings is 1. The third-order valence-electron chi connectivity index (χ3n) is 4.99. The number of likely N-dealkylation sites (tertiary alicyclic amines) is 1. The van der Waals surface area contributed by atoms with E-state index in [0.29, 0.717) is 23.9 Å². The van der Waals surface area contributed by atoms with E-state index in [2.05, 4.69) is 9.97 Å². The van der Waals surface area contributed by atoms with Crippen LogP contribution in [0.15, 0.2) is 34.9 Å². The summed E-state index contributed by atoms with van der Waals surface area (Å²) < 4.78 is 6.03. The van der Waals surface area contributed by atoms with Gasteiger partial charge in [-0.3, -0.25) is 4.79 Å².